The highest BCUT2D eigenvalue weighted by atomic mass is 16.5. The predicted molar refractivity (Wildman–Crippen MR) is 98.2 cm³/mol. The number of amides is 2. The monoisotopic (exact) mass is 374 g/mol. The molecule has 4 N–H and O–H groups in total. The molecule has 2 aromatic rings. The number of hydrogen-bond donors (Lipinski definition) is 3. The zero-order valence-electron chi connectivity index (χ0n) is 15.4. The Morgan fingerprint density at radius 3 is 2.70 bits per heavy atom. The van der Waals surface area contributed by atoms with Crippen LogP contribution in [-0.2, 0) is 9.59 Å². The van der Waals surface area contributed by atoms with Crippen molar-refractivity contribution in [1.29, 1.82) is 0 Å². The molecule has 0 bridgehead atoms. The third-order valence-corrected chi connectivity index (χ3v) is 4.43. The lowest BCUT2D eigenvalue weighted by Crippen LogP contribution is -2.27. The minimum absolute atomic E-state index is 0.0224. The number of anilines is 1. The van der Waals surface area contributed by atoms with Gasteiger partial charge in [-0.3, -0.25) is 24.2 Å². The maximum absolute atomic E-state index is 12.6. The smallest absolute Gasteiger partial charge is 0.270 e. The topological polar surface area (TPSA) is 128 Å². The molecule has 0 saturated carbocycles. The van der Waals surface area contributed by atoms with Gasteiger partial charge in [0.05, 0.1) is 12.7 Å². The van der Waals surface area contributed by atoms with Crippen LogP contribution >= 0.6 is 0 Å². The molecule has 27 heavy (non-hydrogen) atoms. The summed E-state index contributed by atoms with van der Waals surface area (Å²) in [6.07, 6.45) is 0.125. The van der Waals surface area contributed by atoms with Gasteiger partial charge < -0.3 is 20.5 Å². The molecular weight excluding hydrogens is 352 g/mol. The first-order chi connectivity index (χ1) is 12.8. The molecule has 2 amide bonds. The SMILES string of the molecule is COc1ccc([C@@H]2CC(=O)Nc3c2c(=O)[nH]n3C(C)C)cc1OCC(N)=O. The van der Waals surface area contributed by atoms with Gasteiger partial charge in [0, 0.05) is 18.4 Å². The molecule has 2 heterocycles. The number of carbonyl (C=O) groups excluding carboxylic acids is 2. The van der Waals surface area contributed by atoms with E-state index in [9.17, 15) is 14.4 Å². The number of nitrogens with zero attached hydrogens (tertiary/aromatic N) is 1. The molecule has 1 aliphatic heterocycles. The molecule has 0 fully saturated rings. The van der Waals surface area contributed by atoms with Gasteiger partial charge in [0.1, 0.15) is 5.82 Å². The summed E-state index contributed by atoms with van der Waals surface area (Å²) in [6.45, 7) is 3.52. The van der Waals surface area contributed by atoms with E-state index in [-0.39, 0.29) is 30.5 Å². The van der Waals surface area contributed by atoms with E-state index < -0.39 is 11.8 Å². The first-order valence-corrected chi connectivity index (χ1v) is 8.55. The summed E-state index contributed by atoms with van der Waals surface area (Å²) in [5.74, 6) is -0.0234. The number of aromatic amines is 1. The van der Waals surface area contributed by atoms with E-state index in [0.717, 1.165) is 0 Å². The number of benzene rings is 1. The Hall–Kier alpha value is -3.23. The maximum Gasteiger partial charge on any atom is 0.270 e. The highest BCUT2D eigenvalue weighted by molar-refractivity contribution is 5.94. The van der Waals surface area contributed by atoms with Gasteiger partial charge in [-0.2, -0.15) is 0 Å². The van der Waals surface area contributed by atoms with Gasteiger partial charge in [-0.25, -0.2) is 0 Å². The van der Waals surface area contributed by atoms with Crippen molar-refractivity contribution >= 4 is 17.6 Å². The van der Waals surface area contributed by atoms with Gasteiger partial charge in [-0.05, 0) is 31.5 Å². The standard InChI is InChI=1S/C18H22N4O5/c1-9(2)22-17-16(18(25)21-22)11(7-15(24)20-17)10-4-5-12(26-3)13(6-10)27-8-14(19)23/h4-6,9,11H,7-8H2,1-3H3,(H2,19,23)(H,20,24)(H,21,25)/t11-/m0/s1. The minimum Gasteiger partial charge on any atom is -0.493 e. The molecule has 1 aromatic carbocycles. The molecule has 144 valence electrons. The molecule has 9 nitrogen and oxygen atoms in total. The normalized spacial score (nSPS) is 16.0. The molecular formula is C18H22N4O5. The van der Waals surface area contributed by atoms with Crippen LogP contribution in [0.2, 0.25) is 0 Å². The average Bonchev–Trinajstić information content (AvgIpc) is 2.95. The number of nitrogens with two attached hydrogens (primary N) is 1. The van der Waals surface area contributed by atoms with E-state index in [0.29, 0.717) is 28.4 Å². The summed E-state index contributed by atoms with van der Waals surface area (Å²) in [6, 6.07) is 5.09. The van der Waals surface area contributed by atoms with Gasteiger partial charge in [0.15, 0.2) is 18.1 Å². The quantitative estimate of drug-likeness (QED) is 0.697. The van der Waals surface area contributed by atoms with Crippen LogP contribution in [0.3, 0.4) is 0 Å². The third kappa shape index (κ3) is 3.53. The van der Waals surface area contributed by atoms with Gasteiger partial charge in [-0.15, -0.1) is 0 Å². The lowest BCUT2D eigenvalue weighted by Gasteiger charge is -2.24. The Morgan fingerprint density at radius 1 is 1.33 bits per heavy atom. The van der Waals surface area contributed by atoms with Gasteiger partial charge in [0.25, 0.3) is 11.5 Å². The zero-order chi connectivity index (χ0) is 19.7. The number of fused-ring (bicyclic) bond motifs is 1. The van der Waals surface area contributed by atoms with Crippen molar-refractivity contribution < 1.29 is 19.1 Å². The molecule has 0 radical (unpaired) electrons. The average molecular weight is 374 g/mol. The second-order valence-electron chi connectivity index (χ2n) is 6.64. The van der Waals surface area contributed by atoms with Crippen molar-refractivity contribution in [3.8, 4) is 11.5 Å². The van der Waals surface area contributed by atoms with Crippen LogP contribution in [0.25, 0.3) is 0 Å². The van der Waals surface area contributed by atoms with Gasteiger partial charge in [0.2, 0.25) is 5.91 Å². The number of hydrogen-bond acceptors (Lipinski definition) is 5. The van der Waals surface area contributed by atoms with E-state index in [1.807, 2.05) is 13.8 Å². The highest BCUT2D eigenvalue weighted by Crippen LogP contribution is 2.39. The Labute approximate surface area is 155 Å². The first-order valence-electron chi connectivity index (χ1n) is 8.55. The highest BCUT2D eigenvalue weighted by Gasteiger charge is 2.33. The van der Waals surface area contributed by atoms with Crippen molar-refractivity contribution in [2.75, 3.05) is 19.0 Å². The molecule has 0 aliphatic carbocycles. The third-order valence-electron chi connectivity index (χ3n) is 4.43. The van der Waals surface area contributed by atoms with Crippen molar-refractivity contribution in [3.05, 3.63) is 39.7 Å². The molecule has 9 heteroatoms. The second kappa shape index (κ2) is 7.18. The number of ether oxygens (including phenoxy) is 2. The van der Waals surface area contributed by atoms with Gasteiger partial charge >= 0.3 is 0 Å². The summed E-state index contributed by atoms with van der Waals surface area (Å²) >= 11 is 0. The number of carbonyl (C=O) groups is 2. The number of rotatable bonds is 6. The lowest BCUT2D eigenvalue weighted by molar-refractivity contribution is -0.120. The molecule has 0 saturated heterocycles. The Balaban J connectivity index is 2.07. The maximum atomic E-state index is 12.6. The fraction of sp³-hybridized carbons (Fsp3) is 0.389. The van der Waals surface area contributed by atoms with Crippen LogP contribution in [0.4, 0.5) is 5.82 Å². The van der Waals surface area contributed by atoms with E-state index in [1.54, 1.807) is 22.9 Å². The Morgan fingerprint density at radius 2 is 2.07 bits per heavy atom. The number of H-pyrrole nitrogens is 1. The fourth-order valence-corrected chi connectivity index (χ4v) is 3.23. The van der Waals surface area contributed by atoms with Crippen LogP contribution in [0.1, 0.15) is 43.4 Å². The molecule has 0 spiro atoms. The first kappa shape index (κ1) is 18.6. The summed E-state index contributed by atoms with van der Waals surface area (Å²) in [5, 5.41) is 5.56. The molecule has 3 rings (SSSR count). The number of primary amides is 1. The van der Waals surface area contributed by atoms with E-state index >= 15 is 0 Å². The lowest BCUT2D eigenvalue weighted by atomic mass is 9.87. The zero-order valence-corrected chi connectivity index (χ0v) is 15.4. The Bertz CT molecular complexity index is 944. The van der Waals surface area contributed by atoms with Crippen molar-refractivity contribution in [1.82, 2.24) is 9.78 Å². The molecule has 1 aromatic heterocycles. The molecule has 1 aliphatic rings. The van der Waals surface area contributed by atoms with Crippen LogP contribution in [0.15, 0.2) is 23.0 Å². The van der Waals surface area contributed by atoms with Crippen molar-refractivity contribution in [2.45, 2.75) is 32.2 Å². The van der Waals surface area contributed by atoms with E-state index in [2.05, 4.69) is 10.4 Å². The number of nitrogens with one attached hydrogen (secondary N) is 2. The summed E-state index contributed by atoms with van der Waals surface area (Å²) in [4.78, 5) is 35.8. The predicted octanol–water partition coefficient (Wildman–Crippen LogP) is 1.10. The second-order valence-corrected chi connectivity index (χ2v) is 6.64. The van der Waals surface area contributed by atoms with E-state index in [1.165, 1.54) is 7.11 Å². The van der Waals surface area contributed by atoms with Crippen molar-refractivity contribution in [3.63, 3.8) is 0 Å². The largest absolute Gasteiger partial charge is 0.493 e. The Kier molecular flexibility index (Phi) is 4.93. The van der Waals surface area contributed by atoms with Crippen LogP contribution in [0, 0.1) is 0 Å². The van der Waals surface area contributed by atoms with Crippen LogP contribution in [-0.4, -0.2) is 35.3 Å². The molecule has 1 atom stereocenters. The minimum atomic E-state index is -0.618. The van der Waals surface area contributed by atoms with Gasteiger partial charge in [-0.1, -0.05) is 6.07 Å². The fourth-order valence-electron chi connectivity index (χ4n) is 3.23. The summed E-state index contributed by atoms with van der Waals surface area (Å²) in [7, 11) is 1.48. The number of aromatic nitrogens is 2. The van der Waals surface area contributed by atoms with Crippen LogP contribution < -0.4 is 26.1 Å². The van der Waals surface area contributed by atoms with Crippen molar-refractivity contribution in [2.24, 2.45) is 5.73 Å². The van der Waals surface area contributed by atoms with Crippen LogP contribution in [0.5, 0.6) is 11.5 Å². The summed E-state index contributed by atoms with van der Waals surface area (Å²) in [5.41, 5.74) is 6.09. The molecule has 0 unspecified atom stereocenters. The summed E-state index contributed by atoms with van der Waals surface area (Å²) < 4.78 is 12.3. The van der Waals surface area contributed by atoms with E-state index in [4.69, 9.17) is 15.2 Å². The number of methoxy groups -OCH3 is 1.